The van der Waals surface area contributed by atoms with Crippen LogP contribution in [-0.2, 0) is 0 Å². The zero-order valence-corrected chi connectivity index (χ0v) is 17.3. The molecule has 0 aromatic heterocycles. The van der Waals surface area contributed by atoms with Crippen molar-refractivity contribution in [3.8, 4) is 0 Å². The molecular weight excluding hydrogens is 456 g/mol. The largest absolute Gasteiger partial charge is 0.289 e. The highest BCUT2D eigenvalue weighted by molar-refractivity contribution is 9.12. The van der Waals surface area contributed by atoms with E-state index in [4.69, 9.17) is 11.6 Å². The van der Waals surface area contributed by atoms with E-state index in [-0.39, 0.29) is 35.6 Å². The molecule has 0 saturated heterocycles. The molecule has 4 rings (SSSR count). The van der Waals surface area contributed by atoms with E-state index in [0.29, 0.717) is 37.9 Å². The molecule has 0 N–H and O–H groups in total. The maximum Gasteiger partial charge on any atom is 0.205 e. The third-order valence-corrected chi connectivity index (χ3v) is 5.98. The molecule has 29 heavy (non-hydrogen) atoms. The Bertz CT molecular complexity index is 950. The van der Waals surface area contributed by atoms with Crippen molar-refractivity contribution in [2.24, 2.45) is 0 Å². The summed E-state index contributed by atoms with van der Waals surface area (Å²) < 4.78 is 0.376. The molecule has 148 valence electrons. The van der Waals surface area contributed by atoms with Crippen LogP contribution in [0.3, 0.4) is 0 Å². The van der Waals surface area contributed by atoms with Crippen molar-refractivity contribution in [3.63, 3.8) is 0 Å². The molecule has 0 radical (unpaired) electrons. The van der Waals surface area contributed by atoms with Gasteiger partial charge in [-0.2, -0.15) is 0 Å². The lowest BCUT2D eigenvalue weighted by Gasteiger charge is -2.14. The van der Waals surface area contributed by atoms with Crippen LogP contribution in [-0.4, -0.2) is 23.1 Å². The van der Waals surface area contributed by atoms with Gasteiger partial charge in [-0.25, -0.2) is 0 Å². The van der Waals surface area contributed by atoms with Crippen LogP contribution in [0.25, 0.3) is 0 Å². The van der Waals surface area contributed by atoms with Gasteiger partial charge in [-0.15, -0.1) is 0 Å². The number of Topliss-reactive ketones (excluding diaryl/α,β-unsaturated/α-hetero) is 4. The van der Waals surface area contributed by atoms with Gasteiger partial charge in [0.05, 0.1) is 9.51 Å². The van der Waals surface area contributed by atoms with Gasteiger partial charge in [-0.1, -0.05) is 67.6 Å². The topological polar surface area (TPSA) is 68.3 Å². The summed E-state index contributed by atoms with van der Waals surface area (Å²) in [5.74, 6) is -0.616. The summed E-state index contributed by atoms with van der Waals surface area (Å²) in [5.41, 5.74) is 2.63. The van der Waals surface area contributed by atoms with E-state index in [1.54, 1.807) is 62.4 Å². The Kier molecular flexibility index (Phi) is 6.88. The van der Waals surface area contributed by atoms with Gasteiger partial charge in [0, 0.05) is 33.4 Å². The Morgan fingerprint density at radius 3 is 1.41 bits per heavy atom. The fourth-order valence-corrected chi connectivity index (χ4v) is 3.52. The van der Waals surface area contributed by atoms with Crippen molar-refractivity contribution in [1.29, 1.82) is 0 Å². The molecule has 2 aliphatic rings. The van der Waals surface area contributed by atoms with Gasteiger partial charge in [-0.05, 0) is 29.8 Å². The van der Waals surface area contributed by atoms with E-state index in [0.717, 1.165) is 0 Å². The first-order chi connectivity index (χ1) is 13.3. The molecule has 0 saturated carbocycles. The molecule has 0 atom stereocenters. The highest BCUT2D eigenvalue weighted by Crippen LogP contribution is 2.29. The van der Waals surface area contributed by atoms with Crippen LogP contribution in [0.1, 0.15) is 62.7 Å². The van der Waals surface area contributed by atoms with Crippen LogP contribution in [0.5, 0.6) is 0 Å². The molecule has 0 spiro atoms. The Morgan fingerprint density at radius 1 is 0.621 bits per heavy atom. The quantitative estimate of drug-likeness (QED) is 0.474. The van der Waals surface area contributed by atoms with Crippen LogP contribution < -0.4 is 0 Å². The zero-order chi connectivity index (χ0) is 20.6. The van der Waals surface area contributed by atoms with Gasteiger partial charge < -0.3 is 0 Å². The van der Waals surface area contributed by atoms with Crippen LogP contribution in [0.4, 0.5) is 0 Å². The predicted octanol–water partition coefficient (Wildman–Crippen LogP) is 5.95. The summed E-state index contributed by atoms with van der Waals surface area (Å²) in [6.07, 6.45) is 0. The molecule has 2 aromatic rings. The average molecular weight is 474 g/mol. The summed E-state index contributed by atoms with van der Waals surface area (Å²) in [6.45, 7) is 3.22. The van der Waals surface area contributed by atoms with Crippen molar-refractivity contribution in [2.45, 2.75) is 21.3 Å². The standard InChI is InChI=1S/C11H7BrO2.C11H7ClO2.CH4/c2*1-6-9(12)11(14)8-5-3-2-4-7(8)10(6)13;/h2*2-5H,1H3;1H4. The molecule has 0 unspecified atom stereocenters. The van der Waals surface area contributed by atoms with Gasteiger partial charge in [-0.3, -0.25) is 19.2 Å². The number of hydrogen-bond donors (Lipinski definition) is 0. The van der Waals surface area contributed by atoms with E-state index >= 15 is 0 Å². The lowest BCUT2D eigenvalue weighted by atomic mass is 9.90. The summed E-state index contributed by atoms with van der Waals surface area (Å²) in [5, 5.41) is 0.0358. The van der Waals surface area contributed by atoms with Crippen molar-refractivity contribution in [2.75, 3.05) is 0 Å². The minimum atomic E-state index is -0.264. The van der Waals surface area contributed by atoms with Gasteiger partial charge in [0.25, 0.3) is 0 Å². The maximum absolute atomic E-state index is 11.7. The van der Waals surface area contributed by atoms with Crippen LogP contribution in [0.2, 0.25) is 0 Å². The van der Waals surface area contributed by atoms with Crippen molar-refractivity contribution in [3.05, 3.63) is 91.4 Å². The lowest BCUT2D eigenvalue weighted by molar-refractivity contribution is 0.0981. The fraction of sp³-hybridized carbons (Fsp3) is 0.130. The lowest BCUT2D eigenvalue weighted by Crippen LogP contribution is -2.18. The highest BCUT2D eigenvalue weighted by atomic mass is 79.9. The van der Waals surface area contributed by atoms with Crippen LogP contribution in [0.15, 0.2) is 69.2 Å². The highest BCUT2D eigenvalue weighted by Gasteiger charge is 2.28. The normalized spacial score (nSPS) is 15.3. The molecule has 2 aromatic carbocycles. The maximum atomic E-state index is 11.7. The zero-order valence-electron chi connectivity index (χ0n) is 15.0. The second kappa shape index (κ2) is 8.80. The van der Waals surface area contributed by atoms with Gasteiger partial charge in [0.2, 0.25) is 11.6 Å². The second-order valence-corrected chi connectivity index (χ2v) is 7.46. The average Bonchev–Trinajstić information content (AvgIpc) is 2.73. The first-order valence-corrected chi connectivity index (χ1v) is 9.52. The first kappa shape index (κ1) is 22.7. The van der Waals surface area contributed by atoms with Crippen molar-refractivity contribution in [1.82, 2.24) is 0 Å². The van der Waals surface area contributed by atoms with E-state index in [1.165, 1.54) is 0 Å². The van der Waals surface area contributed by atoms with Crippen molar-refractivity contribution >= 4 is 50.7 Å². The number of rotatable bonds is 0. The minimum absolute atomic E-state index is 0. The number of carbonyl (C=O) groups excluding carboxylic acids is 4. The monoisotopic (exact) mass is 472 g/mol. The first-order valence-electron chi connectivity index (χ1n) is 8.35. The van der Waals surface area contributed by atoms with Crippen LogP contribution >= 0.6 is 27.5 Å². The van der Waals surface area contributed by atoms with E-state index < -0.39 is 0 Å². The molecule has 0 heterocycles. The molecule has 0 fully saturated rings. The van der Waals surface area contributed by atoms with Gasteiger partial charge in [0.15, 0.2) is 11.6 Å². The molecule has 0 aliphatic heterocycles. The molecule has 2 aliphatic carbocycles. The number of ketones is 4. The third kappa shape index (κ3) is 3.93. The number of carbonyl (C=O) groups is 4. The van der Waals surface area contributed by atoms with Gasteiger partial charge >= 0.3 is 0 Å². The molecule has 0 amide bonds. The number of hydrogen-bond acceptors (Lipinski definition) is 4. The Balaban J connectivity index is 0.000000200. The van der Waals surface area contributed by atoms with E-state index in [1.807, 2.05) is 0 Å². The Labute approximate surface area is 182 Å². The summed E-state index contributed by atoms with van der Waals surface area (Å²) in [6, 6.07) is 13.6. The van der Waals surface area contributed by atoms with Gasteiger partial charge in [0.1, 0.15) is 0 Å². The molecule has 0 bridgehead atoms. The summed E-state index contributed by atoms with van der Waals surface area (Å²) in [7, 11) is 0. The molecular formula is C23H18BrClO4. The summed E-state index contributed by atoms with van der Waals surface area (Å²) >= 11 is 8.89. The molecule has 4 nitrogen and oxygen atoms in total. The molecule has 6 heteroatoms. The Hall–Kier alpha value is -2.63. The number of fused-ring (bicyclic) bond motifs is 2. The van der Waals surface area contributed by atoms with Crippen LogP contribution in [0, 0.1) is 0 Å². The van der Waals surface area contributed by atoms with E-state index in [9.17, 15) is 19.2 Å². The third-order valence-electron chi connectivity index (χ3n) is 4.57. The minimum Gasteiger partial charge on any atom is -0.289 e. The van der Waals surface area contributed by atoms with E-state index in [2.05, 4.69) is 15.9 Å². The summed E-state index contributed by atoms with van der Waals surface area (Å²) in [4.78, 5) is 46.8. The number of allylic oxidation sites excluding steroid dienone is 4. The SMILES string of the molecule is C.CC1=C(Br)C(=O)c2ccccc2C1=O.CC1=C(Cl)C(=O)c2ccccc2C1=O. The number of benzene rings is 2. The Morgan fingerprint density at radius 2 is 0.966 bits per heavy atom. The number of halogens is 2. The van der Waals surface area contributed by atoms with Crippen molar-refractivity contribution < 1.29 is 19.2 Å². The predicted molar refractivity (Wildman–Crippen MR) is 117 cm³/mol. The smallest absolute Gasteiger partial charge is 0.205 e. The fourth-order valence-electron chi connectivity index (χ4n) is 2.94. The second-order valence-electron chi connectivity index (χ2n) is 6.29.